The van der Waals surface area contributed by atoms with E-state index in [2.05, 4.69) is 45.0 Å². The van der Waals surface area contributed by atoms with Crippen LogP contribution in [0.2, 0.25) is 0 Å². The lowest BCUT2D eigenvalue weighted by Crippen LogP contribution is -2.56. The summed E-state index contributed by atoms with van der Waals surface area (Å²) in [6, 6.07) is 0.218. The van der Waals surface area contributed by atoms with E-state index in [9.17, 15) is 9.59 Å². The second kappa shape index (κ2) is 10.7. The Morgan fingerprint density at radius 3 is 2.38 bits per heavy atom. The molecule has 3 heterocycles. The van der Waals surface area contributed by atoms with Crippen molar-refractivity contribution < 1.29 is 19.1 Å². The number of piperazine rings is 1. The Bertz CT molecular complexity index is 1050. The average Bonchev–Trinajstić information content (AvgIpc) is 3.40. The molecular formula is C35H57N3O4. The van der Waals surface area contributed by atoms with Gasteiger partial charge in [0, 0.05) is 44.6 Å². The molecule has 0 unspecified atom stereocenters. The number of hydrogen-bond donors (Lipinski definition) is 1. The maximum Gasteiger partial charge on any atom is 0.232 e. The molecule has 0 aromatic carbocycles. The Labute approximate surface area is 254 Å². The summed E-state index contributed by atoms with van der Waals surface area (Å²) in [5.41, 5.74) is 0.737. The Kier molecular flexibility index (Phi) is 7.54. The average molecular weight is 584 g/mol. The summed E-state index contributed by atoms with van der Waals surface area (Å²) >= 11 is 0. The van der Waals surface area contributed by atoms with Gasteiger partial charge in [0.05, 0.1) is 12.7 Å². The van der Waals surface area contributed by atoms with Crippen molar-refractivity contribution in [2.75, 3.05) is 39.8 Å². The van der Waals surface area contributed by atoms with Crippen molar-refractivity contribution in [2.24, 2.45) is 52.3 Å². The summed E-state index contributed by atoms with van der Waals surface area (Å²) in [5, 5.41) is 3.30. The molecule has 7 nitrogen and oxygen atoms in total. The number of ether oxygens (including phenoxy) is 2. The van der Waals surface area contributed by atoms with Gasteiger partial charge in [0.2, 0.25) is 11.8 Å². The van der Waals surface area contributed by atoms with Gasteiger partial charge in [0.1, 0.15) is 6.42 Å². The van der Waals surface area contributed by atoms with Crippen LogP contribution in [0.25, 0.3) is 0 Å². The van der Waals surface area contributed by atoms with Gasteiger partial charge in [-0.15, -0.1) is 0 Å². The fourth-order valence-electron chi connectivity index (χ4n) is 12.0. The molecule has 0 radical (unpaired) electrons. The molecule has 0 aromatic heterocycles. The molecule has 2 amide bonds. The highest BCUT2D eigenvalue weighted by molar-refractivity contribution is 5.97. The molecular weight excluding hydrogens is 526 g/mol. The molecule has 3 aliphatic heterocycles. The Balaban J connectivity index is 0.971. The van der Waals surface area contributed by atoms with Gasteiger partial charge in [-0.25, -0.2) is 0 Å². The summed E-state index contributed by atoms with van der Waals surface area (Å²) in [7, 11) is 2.08. The van der Waals surface area contributed by atoms with Crippen LogP contribution < -0.4 is 5.32 Å². The molecule has 7 aliphatic rings. The molecule has 1 spiro atoms. The monoisotopic (exact) mass is 583 g/mol. The molecule has 0 aromatic rings. The lowest BCUT2D eigenvalue weighted by Gasteiger charge is -2.61. The Hall–Kier alpha value is -1.18. The van der Waals surface area contributed by atoms with E-state index in [0.717, 1.165) is 69.8 Å². The molecule has 7 rings (SSSR count). The van der Waals surface area contributed by atoms with Crippen LogP contribution in [-0.4, -0.2) is 79.4 Å². The summed E-state index contributed by atoms with van der Waals surface area (Å²) in [6.07, 6.45) is 12.5. The number of carbonyl (C=O) groups is 2. The number of hydrogen-bond acceptors (Lipinski definition) is 5. The lowest BCUT2D eigenvalue weighted by atomic mass is 9.44. The largest absolute Gasteiger partial charge is 0.353 e. The third-order valence-electron chi connectivity index (χ3n) is 14.5. The third kappa shape index (κ3) is 4.69. The molecule has 7 fully saturated rings. The molecule has 42 heavy (non-hydrogen) atoms. The van der Waals surface area contributed by atoms with Crippen LogP contribution in [0, 0.1) is 52.3 Å². The van der Waals surface area contributed by atoms with Crippen LogP contribution in [0.4, 0.5) is 0 Å². The SMILES string of the molecule is C[C@@H]1CC[C@@]2(OC1)O[C@H]1C[C@H]3[C@@H]4CC[C@H]5C[C@@H](NC(=O)CC(=O)N6CCN(C)CC6)CC[C@]5(C)[C@H]4CC[C@]3(C)[C@H]1[C@@H]2C. The van der Waals surface area contributed by atoms with Gasteiger partial charge < -0.3 is 24.6 Å². The minimum atomic E-state index is -0.325. The van der Waals surface area contributed by atoms with Gasteiger partial charge in [-0.3, -0.25) is 9.59 Å². The van der Waals surface area contributed by atoms with Crippen LogP contribution >= 0.6 is 0 Å². The number of fused-ring (bicyclic) bond motifs is 7. The normalized spacial score (nSPS) is 50.5. The molecule has 1 N–H and O–H groups in total. The maximum atomic E-state index is 12.9. The fraction of sp³-hybridized carbons (Fsp3) is 0.943. The first-order valence-electron chi connectivity index (χ1n) is 17.6. The van der Waals surface area contributed by atoms with E-state index in [1.54, 1.807) is 0 Å². The molecule has 4 aliphatic carbocycles. The summed E-state index contributed by atoms with van der Waals surface area (Å²) in [5.74, 6) is 4.39. The first-order chi connectivity index (χ1) is 20.0. The zero-order valence-electron chi connectivity index (χ0n) is 27.0. The smallest absolute Gasteiger partial charge is 0.232 e. The zero-order chi connectivity index (χ0) is 29.4. The molecule has 7 heteroatoms. The van der Waals surface area contributed by atoms with Crippen LogP contribution in [0.1, 0.15) is 98.3 Å². The van der Waals surface area contributed by atoms with E-state index in [4.69, 9.17) is 9.47 Å². The highest BCUT2D eigenvalue weighted by Crippen LogP contribution is 2.71. The van der Waals surface area contributed by atoms with E-state index < -0.39 is 0 Å². The standard InChI is InChI=1S/C35H57N3O4/c1-22-8-13-35(41-21-22)23(2)32-29(42-35)19-28-26-7-6-24-18-25(9-11-33(24,3)27(26)10-12-34(28,32)4)36-30(39)20-31(40)38-16-14-37(5)15-17-38/h22-29,32H,6-21H2,1-5H3,(H,36,39)/t22-,23+,24+,25+,26-,27+,28+,29+,32+,33+,34+,35-/m1/s1. The van der Waals surface area contributed by atoms with Crippen molar-refractivity contribution in [1.29, 1.82) is 0 Å². The molecule has 4 saturated carbocycles. The van der Waals surface area contributed by atoms with E-state index in [-0.39, 0.29) is 30.1 Å². The van der Waals surface area contributed by atoms with Gasteiger partial charge >= 0.3 is 0 Å². The van der Waals surface area contributed by atoms with Crippen molar-refractivity contribution in [3.05, 3.63) is 0 Å². The number of rotatable bonds is 3. The minimum absolute atomic E-state index is 0.00128. The Morgan fingerprint density at radius 2 is 1.64 bits per heavy atom. The van der Waals surface area contributed by atoms with Gasteiger partial charge in [0.25, 0.3) is 0 Å². The number of likely N-dealkylation sites (N-methyl/N-ethyl adjacent to an activating group) is 1. The summed E-state index contributed by atoms with van der Waals surface area (Å²) in [4.78, 5) is 29.7. The van der Waals surface area contributed by atoms with Gasteiger partial charge in [-0.1, -0.05) is 27.7 Å². The van der Waals surface area contributed by atoms with Crippen molar-refractivity contribution in [1.82, 2.24) is 15.1 Å². The van der Waals surface area contributed by atoms with E-state index in [0.29, 0.717) is 40.6 Å². The topological polar surface area (TPSA) is 71.1 Å². The first kappa shape index (κ1) is 29.5. The second-order valence-corrected chi connectivity index (χ2v) is 16.6. The van der Waals surface area contributed by atoms with Crippen LogP contribution in [0.3, 0.4) is 0 Å². The van der Waals surface area contributed by atoms with Crippen molar-refractivity contribution >= 4 is 11.8 Å². The van der Waals surface area contributed by atoms with Gasteiger partial charge in [-0.05, 0) is 111 Å². The van der Waals surface area contributed by atoms with E-state index in [1.807, 2.05) is 4.90 Å². The second-order valence-electron chi connectivity index (χ2n) is 16.6. The Morgan fingerprint density at radius 1 is 0.881 bits per heavy atom. The molecule has 236 valence electrons. The number of amides is 2. The highest BCUT2D eigenvalue weighted by Gasteiger charge is 2.69. The van der Waals surface area contributed by atoms with Crippen LogP contribution in [0.15, 0.2) is 0 Å². The molecule has 0 bridgehead atoms. The number of nitrogens with one attached hydrogen (secondary N) is 1. The van der Waals surface area contributed by atoms with E-state index in [1.165, 1.54) is 44.9 Å². The first-order valence-corrected chi connectivity index (χ1v) is 17.6. The highest BCUT2D eigenvalue weighted by atomic mass is 16.7. The zero-order valence-corrected chi connectivity index (χ0v) is 27.0. The minimum Gasteiger partial charge on any atom is -0.353 e. The third-order valence-corrected chi connectivity index (χ3v) is 14.5. The van der Waals surface area contributed by atoms with Crippen molar-refractivity contribution in [3.8, 4) is 0 Å². The predicted molar refractivity (Wildman–Crippen MR) is 162 cm³/mol. The van der Waals surface area contributed by atoms with E-state index >= 15 is 0 Å². The quantitative estimate of drug-likeness (QED) is 0.469. The lowest BCUT2D eigenvalue weighted by molar-refractivity contribution is -0.273. The number of carbonyl (C=O) groups excluding carboxylic acids is 2. The van der Waals surface area contributed by atoms with Crippen molar-refractivity contribution in [3.63, 3.8) is 0 Å². The number of nitrogens with zero attached hydrogens (tertiary/aromatic N) is 2. The predicted octanol–water partition coefficient (Wildman–Crippen LogP) is 5.08. The van der Waals surface area contributed by atoms with Crippen LogP contribution in [-0.2, 0) is 19.1 Å². The summed E-state index contributed by atoms with van der Waals surface area (Å²) in [6.45, 7) is 14.1. The summed E-state index contributed by atoms with van der Waals surface area (Å²) < 4.78 is 13.5. The maximum absolute atomic E-state index is 12.9. The molecule has 12 atom stereocenters. The van der Waals surface area contributed by atoms with Crippen LogP contribution in [0.5, 0.6) is 0 Å². The molecule has 3 saturated heterocycles. The van der Waals surface area contributed by atoms with Gasteiger partial charge in [-0.2, -0.15) is 0 Å². The fourth-order valence-corrected chi connectivity index (χ4v) is 12.0. The van der Waals surface area contributed by atoms with Crippen molar-refractivity contribution in [2.45, 2.75) is 116 Å². The van der Waals surface area contributed by atoms with Gasteiger partial charge in [0.15, 0.2) is 5.79 Å².